The first-order valence-corrected chi connectivity index (χ1v) is 6.51. The monoisotopic (exact) mass is 295 g/mol. The zero-order chi connectivity index (χ0) is 14.7. The molecule has 0 saturated carbocycles. The maximum Gasteiger partial charge on any atom is 0.246 e. The van der Waals surface area contributed by atoms with Crippen LogP contribution in [0.5, 0.6) is 0 Å². The second kappa shape index (κ2) is 6.02. The van der Waals surface area contributed by atoms with E-state index in [0.717, 1.165) is 4.90 Å². The minimum atomic E-state index is -0.721. The van der Waals surface area contributed by atoms with Crippen molar-refractivity contribution in [2.75, 3.05) is 11.9 Å². The van der Waals surface area contributed by atoms with E-state index < -0.39 is 17.9 Å². The molecule has 1 aromatic carbocycles. The topological polar surface area (TPSA) is 92.5 Å². The summed E-state index contributed by atoms with van der Waals surface area (Å²) in [5.41, 5.74) is 6.02. The molecule has 3 N–H and O–H groups in total. The smallest absolute Gasteiger partial charge is 0.246 e. The number of benzene rings is 1. The Labute approximate surface area is 120 Å². The van der Waals surface area contributed by atoms with Gasteiger partial charge in [-0.1, -0.05) is 23.7 Å². The number of piperidine rings is 1. The van der Waals surface area contributed by atoms with Crippen molar-refractivity contribution in [3.05, 3.63) is 29.3 Å². The summed E-state index contributed by atoms with van der Waals surface area (Å²) in [6.45, 7) is -0.351. The molecular formula is C13H14ClN3O3. The fraction of sp³-hybridized carbons (Fsp3) is 0.308. The van der Waals surface area contributed by atoms with Crippen LogP contribution in [0.2, 0.25) is 5.02 Å². The number of hydrogen-bond donors (Lipinski definition) is 2. The number of imide groups is 1. The third-order valence-corrected chi connectivity index (χ3v) is 3.33. The minimum absolute atomic E-state index is 0.173. The van der Waals surface area contributed by atoms with Crippen LogP contribution in [0.25, 0.3) is 0 Å². The maximum atomic E-state index is 11.9. The van der Waals surface area contributed by atoms with Gasteiger partial charge in [-0.2, -0.15) is 0 Å². The lowest BCUT2D eigenvalue weighted by molar-refractivity contribution is -0.151. The van der Waals surface area contributed by atoms with E-state index in [9.17, 15) is 14.4 Å². The molecule has 20 heavy (non-hydrogen) atoms. The third kappa shape index (κ3) is 3.15. The van der Waals surface area contributed by atoms with Crippen LogP contribution in [0, 0.1) is 0 Å². The first-order chi connectivity index (χ1) is 9.49. The average molecular weight is 296 g/mol. The van der Waals surface area contributed by atoms with E-state index >= 15 is 0 Å². The zero-order valence-electron chi connectivity index (χ0n) is 10.6. The standard InChI is InChI=1S/C13H14ClN3O3/c14-8-3-1-2-4-10(8)16-11(18)7-17-12(19)6-5-9(15)13(17)20/h1-4,9H,5-7,15H2,(H,16,18). The van der Waals surface area contributed by atoms with E-state index in [2.05, 4.69) is 5.32 Å². The molecule has 0 aromatic heterocycles. The van der Waals surface area contributed by atoms with Crippen molar-refractivity contribution in [1.29, 1.82) is 0 Å². The van der Waals surface area contributed by atoms with Crippen molar-refractivity contribution < 1.29 is 14.4 Å². The molecule has 7 heteroatoms. The van der Waals surface area contributed by atoms with E-state index in [1.54, 1.807) is 24.3 Å². The van der Waals surface area contributed by atoms with E-state index in [0.29, 0.717) is 17.1 Å². The number of carbonyl (C=O) groups is 3. The zero-order valence-corrected chi connectivity index (χ0v) is 11.4. The Morgan fingerprint density at radius 1 is 1.40 bits per heavy atom. The molecule has 1 aliphatic heterocycles. The Bertz CT molecular complexity index is 562. The van der Waals surface area contributed by atoms with Crippen molar-refractivity contribution in [3.63, 3.8) is 0 Å². The minimum Gasteiger partial charge on any atom is -0.323 e. The van der Waals surface area contributed by atoms with Crippen LogP contribution in [-0.4, -0.2) is 35.2 Å². The van der Waals surface area contributed by atoms with Gasteiger partial charge in [0.15, 0.2) is 0 Å². The Morgan fingerprint density at radius 3 is 2.80 bits per heavy atom. The van der Waals surface area contributed by atoms with Crippen molar-refractivity contribution in [2.24, 2.45) is 5.73 Å². The molecule has 6 nitrogen and oxygen atoms in total. The fourth-order valence-corrected chi connectivity index (χ4v) is 2.11. The molecule has 1 aliphatic rings. The molecule has 0 aliphatic carbocycles. The predicted octanol–water partition coefficient (Wildman–Crippen LogP) is 0.755. The molecule has 0 radical (unpaired) electrons. The Hall–Kier alpha value is -1.92. The summed E-state index contributed by atoms with van der Waals surface area (Å²) in [6, 6.07) is 5.99. The van der Waals surface area contributed by atoms with Crippen LogP contribution < -0.4 is 11.1 Å². The molecule has 106 valence electrons. The van der Waals surface area contributed by atoms with Gasteiger partial charge in [-0.05, 0) is 18.6 Å². The average Bonchev–Trinajstić information content (AvgIpc) is 2.42. The summed E-state index contributed by atoms with van der Waals surface area (Å²) in [4.78, 5) is 36.2. The van der Waals surface area contributed by atoms with Gasteiger partial charge in [-0.25, -0.2) is 0 Å². The highest BCUT2D eigenvalue weighted by Gasteiger charge is 2.33. The SMILES string of the molecule is NC1CCC(=O)N(CC(=O)Nc2ccccc2Cl)C1=O. The molecule has 0 spiro atoms. The van der Waals surface area contributed by atoms with Crippen LogP contribution in [0.3, 0.4) is 0 Å². The molecule has 3 amide bonds. The Kier molecular flexibility index (Phi) is 4.36. The van der Waals surface area contributed by atoms with Gasteiger partial charge in [0.05, 0.1) is 16.8 Å². The molecule has 1 aromatic rings. The lowest BCUT2D eigenvalue weighted by Gasteiger charge is -2.28. The maximum absolute atomic E-state index is 11.9. The van der Waals surface area contributed by atoms with Crippen LogP contribution in [0.15, 0.2) is 24.3 Å². The van der Waals surface area contributed by atoms with Gasteiger partial charge in [0.2, 0.25) is 17.7 Å². The highest BCUT2D eigenvalue weighted by molar-refractivity contribution is 6.33. The molecule has 1 fully saturated rings. The summed E-state index contributed by atoms with van der Waals surface area (Å²) in [5.74, 6) is -1.39. The second-order valence-electron chi connectivity index (χ2n) is 4.49. The Balaban J connectivity index is 2.02. The highest BCUT2D eigenvalue weighted by atomic mass is 35.5. The van der Waals surface area contributed by atoms with E-state index in [4.69, 9.17) is 17.3 Å². The van der Waals surface area contributed by atoms with Crippen molar-refractivity contribution in [1.82, 2.24) is 4.90 Å². The molecular weight excluding hydrogens is 282 g/mol. The van der Waals surface area contributed by atoms with E-state index in [1.807, 2.05) is 0 Å². The number of nitrogens with zero attached hydrogens (tertiary/aromatic N) is 1. The van der Waals surface area contributed by atoms with Crippen LogP contribution in [-0.2, 0) is 14.4 Å². The molecule has 2 rings (SSSR count). The number of likely N-dealkylation sites (tertiary alicyclic amines) is 1. The van der Waals surface area contributed by atoms with Gasteiger partial charge in [-0.15, -0.1) is 0 Å². The summed E-state index contributed by atoms with van der Waals surface area (Å²) in [6.07, 6.45) is 0.493. The first kappa shape index (κ1) is 14.5. The first-order valence-electron chi connectivity index (χ1n) is 6.13. The third-order valence-electron chi connectivity index (χ3n) is 3.00. The van der Waals surface area contributed by atoms with Gasteiger partial charge in [0, 0.05) is 6.42 Å². The number of nitrogens with two attached hydrogens (primary N) is 1. The van der Waals surface area contributed by atoms with Crippen molar-refractivity contribution in [3.8, 4) is 0 Å². The van der Waals surface area contributed by atoms with Gasteiger partial charge in [0.1, 0.15) is 6.54 Å². The number of para-hydroxylation sites is 1. The summed E-state index contributed by atoms with van der Waals surface area (Å²) in [5, 5.41) is 2.94. The summed E-state index contributed by atoms with van der Waals surface area (Å²) in [7, 11) is 0. The van der Waals surface area contributed by atoms with E-state index in [1.165, 1.54) is 0 Å². The second-order valence-corrected chi connectivity index (χ2v) is 4.90. The quantitative estimate of drug-likeness (QED) is 0.805. The number of rotatable bonds is 3. The number of halogens is 1. The fourth-order valence-electron chi connectivity index (χ4n) is 1.92. The highest BCUT2D eigenvalue weighted by Crippen LogP contribution is 2.20. The number of carbonyl (C=O) groups excluding carboxylic acids is 3. The number of anilines is 1. The number of amides is 3. The van der Waals surface area contributed by atoms with Gasteiger partial charge >= 0.3 is 0 Å². The van der Waals surface area contributed by atoms with Crippen LogP contribution >= 0.6 is 11.6 Å². The van der Waals surface area contributed by atoms with Crippen molar-refractivity contribution >= 4 is 35.0 Å². The largest absolute Gasteiger partial charge is 0.323 e. The van der Waals surface area contributed by atoms with Crippen molar-refractivity contribution in [2.45, 2.75) is 18.9 Å². The summed E-state index contributed by atoms with van der Waals surface area (Å²) >= 11 is 5.91. The lowest BCUT2D eigenvalue weighted by Crippen LogP contribution is -2.53. The molecule has 1 saturated heterocycles. The number of hydrogen-bond acceptors (Lipinski definition) is 4. The van der Waals surface area contributed by atoms with E-state index in [-0.39, 0.29) is 18.9 Å². The molecule has 1 atom stereocenters. The van der Waals surface area contributed by atoms with Gasteiger partial charge < -0.3 is 11.1 Å². The molecule has 0 bridgehead atoms. The lowest BCUT2D eigenvalue weighted by atomic mass is 10.1. The van der Waals surface area contributed by atoms with Gasteiger partial charge in [0.25, 0.3) is 0 Å². The number of nitrogens with one attached hydrogen (secondary N) is 1. The predicted molar refractivity (Wildman–Crippen MR) is 74.0 cm³/mol. The Morgan fingerprint density at radius 2 is 2.10 bits per heavy atom. The van der Waals surface area contributed by atoms with Gasteiger partial charge in [-0.3, -0.25) is 19.3 Å². The molecule has 1 heterocycles. The van der Waals surface area contributed by atoms with Crippen LogP contribution in [0.4, 0.5) is 5.69 Å². The normalized spacial score (nSPS) is 19.1. The summed E-state index contributed by atoms with van der Waals surface area (Å²) < 4.78 is 0. The molecule has 1 unspecified atom stereocenters. The van der Waals surface area contributed by atoms with Crippen LogP contribution in [0.1, 0.15) is 12.8 Å².